The van der Waals surface area contributed by atoms with Gasteiger partial charge < -0.3 is 44.2 Å². The number of ether oxygens (including phenoxy) is 3. The first-order valence-electron chi connectivity index (χ1n) is 15.6. The second-order valence-electron chi connectivity index (χ2n) is 14.0. The Morgan fingerprint density at radius 3 is 2.29 bits per heavy atom. The molecule has 3 aliphatic carbocycles. The van der Waals surface area contributed by atoms with Crippen LogP contribution in [0.3, 0.4) is 0 Å². The quantitative estimate of drug-likeness (QED) is 0.208. The third kappa shape index (κ3) is 5.39. The molecule has 0 amide bonds. The fourth-order valence-corrected chi connectivity index (χ4v) is 8.37. The minimum absolute atomic E-state index is 0. The summed E-state index contributed by atoms with van der Waals surface area (Å²) in [5.74, 6) is -5.57. The molecule has 255 valence electrons. The van der Waals surface area contributed by atoms with Crippen molar-refractivity contribution in [1.82, 2.24) is 0 Å². The minimum atomic E-state index is -2.24. The standard InChI is InChI=1S/C35H40O12.Ac/c1-17-21(46-31(41)25(37)18(2)20-12-9-13-44-20)15-35(43)29(47-30(40)19-10-7-6-8-11-19)27-33(5,22(36)14-23-34(27,42)16-45-23)28(39)26(38)24(17)32(35,3)4;/h2,6-13,18,21-23,25-27,29,36-38,42-43H,14-16H2,1,3-5H3;/t18?,21?,22?,23?,25?,26?,27?,29?,33-,34?,35?;/m1./s1. The van der Waals surface area contributed by atoms with Crippen LogP contribution in [0, 0.1) is 67.7 Å². The van der Waals surface area contributed by atoms with Gasteiger partial charge in [0.25, 0.3) is 0 Å². The molecule has 2 bridgehead atoms. The summed E-state index contributed by atoms with van der Waals surface area (Å²) >= 11 is 0. The Hall–Kier alpha value is -1.95. The van der Waals surface area contributed by atoms with E-state index in [-0.39, 0.29) is 79.6 Å². The monoisotopic (exact) mass is 879 g/mol. The predicted molar refractivity (Wildman–Crippen MR) is 161 cm³/mol. The fourth-order valence-electron chi connectivity index (χ4n) is 8.37. The second-order valence-corrected chi connectivity index (χ2v) is 14.0. The Kier molecular flexibility index (Phi) is 10.1. The summed E-state index contributed by atoms with van der Waals surface area (Å²) in [6.07, 6.45) is -8.57. The number of carbonyl (C=O) groups excluding carboxylic acids is 3. The molecule has 48 heavy (non-hydrogen) atoms. The molecule has 1 aromatic heterocycles. The number of rotatable bonds is 6. The number of hydrogen-bond donors (Lipinski definition) is 5. The molecule has 2 saturated carbocycles. The van der Waals surface area contributed by atoms with Crippen LogP contribution >= 0.6 is 0 Å². The van der Waals surface area contributed by atoms with Gasteiger partial charge in [0.1, 0.15) is 35.3 Å². The molecule has 2 aromatic rings. The van der Waals surface area contributed by atoms with E-state index in [1.807, 2.05) is 0 Å². The van der Waals surface area contributed by atoms with Crippen LogP contribution in [0.25, 0.3) is 0 Å². The molecule has 10 unspecified atom stereocenters. The van der Waals surface area contributed by atoms with Crippen molar-refractivity contribution in [2.24, 2.45) is 16.7 Å². The van der Waals surface area contributed by atoms with E-state index in [0.29, 0.717) is 0 Å². The number of hydrogen-bond acceptors (Lipinski definition) is 12. The smallest absolute Gasteiger partial charge is 0.338 e. The van der Waals surface area contributed by atoms with Gasteiger partial charge in [0.15, 0.2) is 11.9 Å². The van der Waals surface area contributed by atoms with Crippen molar-refractivity contribution in [2.75, 3.05) is 6.61 Å². The predicted octanol–water partition coefficient (Wildman–Crippen LogP) is 1.51. The van der Waals surface area contributed by atoms with Gasteiger partial charge in [0.05, 0.1) is 42.0 Å². The zero-order valence-corrected chi connectivity index (χ0v) is 31.9. The van der Waals surface area contributed by atoms with Gasteiger partial charge in [-0.05, 0) is 56.2 Å². The van der Waals surface area contributed by atoms with Crippen LogP contribution in [0.15, 0.2) is 64.3 Å². The van der Waals surface area contributed by atoms with Crippen molar-refractivity contribution >= 4 is 17.7 Å². The molecule has 3 radical (unpaired) electrons. The Morgan fingerprint density at radius 2 is 1.71 bits per heavy atom. The van der Waals surface area contributed by atoms with Gasteiger partial charge >= 0.3 is 11.9 Å². The first-order valence-corrected chi connectivity index (χ1v) is 15.6. The number of furan rings is 1. The maximum atomic E-state index is 14.5. The molecule has 4 aliphatic rings. The molecular weight excluding hydrogens is 839 g/mol. The number of carbonyl (C=O) groups is 3. The van der Waals surface area contributed by atoms with Crippen LogP contribution in [0.5, 0.6) is 0 Å². The zero-order chi connectivity index (χ0) is 34.3. The van der Waals surface area contributed by atoms with Crippen molar-refractivity contribution in [2.45, 2.75) is 94.3 Å². The molecule has 1 aliphatic heterocycles. The molecule has 1 saturated heterocycles. The van der Waals surface area contributed by atoms with E-state index in [4.69, 9.17) is 25.6 Å². The average Bonchev–Trinajstić information content (AvgIpc) is 3.58. The first kappa shape index (κ1) is 37.3. The largest absolute Gasteiger partial charge is 0.469 e. The number of ketones is 1. The number of Topliss-reactive ketones (excluding diaryl/α,β-unsaturated/α-hetero) is 1. The Balaban J connectivity index is 0.00000451. The van der Waals surface area contributed by atoms with Crippen molar-refractivity contribution in [3.63, 3.8) is 0 Å². The maximum Gasteiger partial charge on any atom is 0.338 e. The summed E-state index contributed by atoms with van der Waals surface area (Å²) in [7, 11) is 0. The van der Waals surface area contributed by atoms with Gasteiger partial charge in [-0.1, -0.05) is 32.0 Å². The van der Waals surface area contributed by atoms with Crippen molar-refractivity contribution in [1.29, 1.82) is 0 Å². The average molecular weight is 880 g/mol. The Morgan fingerprint density at radius 1 is 1.04 bits per heavy atom. The van der Waals surface area contributed by atoms with Gasteiger partial charge in [0, 0.05) is 68.2 Å². The van der Waals surface area contributed by atoms with Gasteiger partial charge in [-0.3, -0.25) is 4.79 Å². The topological polar surface area (TPSA) is 193 Å². The molecule has 6 rings (SSSR count). The maximum absolute atomic E-state index is 14.5. The van der Waals surface area contributed by atoms with Gasteiger partial charge in [-0.2, -0.15) is 0 Å². The summed E-state index contributed by atoms with van der Waals surface area (Å²) in [5.41, 5.74) is -7.24. The molecule has 3 fully saturated rings. The van der Waals surface area contributed by atoms with Gasteiger partial charge in [0.2, 0.25) is 0 Å². The Labute approximate surface area is 314 Å². The number of fused-ring (bicyclic) bond motifs is 5. The zero-order valence-electron chi connectivity index (χ0n) is 27.1. The van der Waals surface area contributed by atoms with Crippen LogP contribution < -0.4 is 0 Å². The van der Waals surface area contributed by atoms with E-state index in [1.165, 1.54) is 44.4 Å². The molecule has 5 N–H and O–H groups in total. The van der Waals surface area contributed by atoms with Crippen LogP contribution in [0.2, 0.25) is 0 Å². The second kappa shape index (κ2) is 13.0. The summed E-state index contributed by atoms with van der Waals surface area (Å²) in [6, 6.07) is 10.9. The SMILES string of the molecule is [Ac].[CH]C(c1ccco1)C(O)C(=O)OC1CC2(O)C(OC(=O)c3ccccc3)C3C4(O)COC4CC(O)[C@@]3(C)C(=O)C(O)C(=C1C)C2(C)C. The van der Waals surface area contributed by atoms with Crippen LogP contribution in [0.1, 0.15) is 62.6 Å². The molecule has 11 atom stereocenters. The number of aliphatic hydroxyl groups is 5. The normalized spacial score (nSPS) is 38.1. The fraction of sp³-hybridized carbons (Fsp3) is 0.543. The van der Waals surface area contributed by atoms with E-state index in [1.54, 1.807) is 32.0 Å². The van der Waals surface area contributed by atoms with E-state index in [0.717, 1.165) is 0 Å². The molecule has 2 heterocycles. The summed E-state index contributed by atoms with van der Waals surface area (Å²) in [5, 5.41) is 59.3. The third-order valence-corrected chi connectivity index (χ3v) is 11.3. The number of esters is 2. The van der Waals surface area contributed by atoms with Crippen molar-refractivity contribution in [3.8, 4) is 0 Å². The van der Waals surface area contributed by atoms with Crippen LogP contribution in [-0.4, -0.2) is 97.7 Å². The first-order chi connectivity index (χ1) is 22.0. The van der Waals surface area contributed by atoms with E-state index >= 15 is 0 Å². The summed E-state index contributed by atoms with van der Waals surface area (Å²) < 4.78 is 22.7. The number of benzene rings is 1. The van der Waals surface area contributed by atoms with Gasteiger partial charge in [-0.25, -0.2) is 9.59 Å². The van der Waals surface area contributed by atoms with Gasteiger partial charge in [-0.15, -0.1) is 0 Å². The van der Waals surface area contributed by atoms with E-state index in [2.05, 4.69) is 0 Å². The third-order valence-electron chi connectivity index (χ3n) is 11.3. The van der Waals surface area contributed by atoms with Crippen molar-refractivity contribution < 1.29 is 103 Å². The van der Waals surface area contributed by atoms with Crippen LogP contribution in [-0.2, 0) is 23.8 Å². The molecule has 1 aromatic carbocycles. The number of aliphatic hydroxyl groups excluding tert-OH is 3. The molecular formula is C35H40AcO12. The Bertz CT molecular complexity index is 1590. The molecule has 0 spiro atoms. The van der Waals surface area contributed by atoms with E-state index < -0.39 is 94.6 Å². The minimum Gasteiger partial charge on any atom is -0.469 e. The summed E-state index contributed by atoms with van der Waals surface area (Å²) in [4.78, 5) is 41.5. The van der Waals surface area contributed by atoms with Crippen LogP contribution in [0.4, 0.5) is 0 Å². The molecule has 12 nitrogen and oxygen atoms in total. The van der Waals surface area contributed by atoms with E-state index in [9.17, 15) is 39.9 Å². The molecule has 13 heteroatoms. The summed E-state index contributed by atoms with van der Waals surface area (Å²) in [6.45, 7) is 11.8. The van der Waals surface area contributed by atoms with Crippen molar-refractivity contribution in [3.05, 3.63) is 78.1 Å².